The zero-order valence-corrected chi connectivity index (χ0v) is 15.1. The molecule has 0 bridgehead atoms. The van der Waals surface area contributed by atoms with Gasteiger partial charge < -0.3 is 10.2 Å². The van der Waals surface area contributed by atoms with E-state index in [1.807, 2.05) is 0 Å². The van der Waals surface area contributed by atoms with Crippen molar-refractivity contribution in [3.05, 3.63) is 55.6 Å². The molecule has 126 valence electrons. The fourth-order valence-electron chi connectivity index (χ4n) is 2.41. The first kappa shape index (κ1) is 18.1. The molecule has 2 aromatic rings. The fraction of sp³-hybridized carbons (Fsp3) is 0.143. The number of phenols is 2. The second-order valence-corrected chi connectivity index (χ2v) is 5.90. The third-order valence-corrected chi connectivity index (χ3v) is 4.51. The first-order valence-electron chi connectivity index (χ1n) is 6.43. The number of phenolic OH excluding ortho intramolecular Hbond substituents is 2. The van der Waals surface area contributed by atoms with Gasteiger partial charge in [0.05, 0.1) is 33.1 Å². The molecule has 0 spiro atoms. The Hall–Kier alpha value is -2.20. The standard InChI is InChI=1S/C14H10Br2N2O6/c15-5-7-1-9(19)3-11(17(21)22)13(7)14-8(6-16)2-10(20)4-12(14)18(23)24/h1-4,19-20H,5-6H2. The van der Waals surface area contributed by atoms with Crippen LogP contribution in [0.15, 0.2) is 24.3 Å². The van der Waals surface area contributed by atoms with Crippen molar-refractivity contribution in [3.63, 3.8) is 0 Å². The number of hydrogen-bond acceptors (Lipinski definition) is 6. The Kier molecular flexibility index (Phi) is 5.40. The van der Waals surface area contributed by atoms with E-state index < -0.39 is 21.2 Å². The van der Waals surface area contributed by atoms with E-state index in [0.717, 1.165) is 12.1 Å². The van der Waals surface area contributed by atoms with E-state index >= 15 is 0 Å². The summed E-state index contributed by atoms with van der Waals surface area (Å²) in [6.45, 7) is 0. The number of hydrogen-bond donors (Lipinski definition) is 2. The molecule has 0 radical (unpaired) electrons. The number of nitrogens with zero attached hydrogens (tertiary/aromatic N) is 2. The summed E-state index contributed by atoms with van der Waals surface area (Å²) >= 11 is 6.36. The Balaban J connectivity index is 3.00. The Morgan fingerprint density at radius 1 is 0.792 bits per heavy atom. The molecule has 2 N–H and O–H groups in total. The van der Waals surface area contributed by atoms with Crippen LogP contribution >= 0.6 is 31.9 Å². The smallest absolute Gasteiger partial charge is 0.281 e. The second kappa shape index (κ2) is 7.14. The van der Waals surface area contributed by atoms with Crippen molar-refractivity contribution >= 4 is 43.2 Å². The Bertz CT molecular complexity index is 771. The molecule has 2 aromatic carbocycles. The Morgan fingerprint density at radius 2 is 1.12 bits per heavy atom. The minimum absolute atomic E-state index is 0.0239. The molecular weight excluding hydrogens is 452 g/mol. The van der Waals surface area contributed by atoms with Gasteiger partial charge in [0, 0.05) is 10.7 Å². The molecule has 0 atom stereocenters. The lowest BCUT2D eigenvalue weighted by Crippen LogP contribution is -2.02. The predicted molar refractivity (Wildman–Crippen MR) is 93.8 cm³/mol. The van der Waals surface area contributed by atoms with Crippen LogP contribution in [0.25, 0.3) is 11.1 Å². The number of nitro benzene ring substituents is 2. The maximum atomic E-state index is 11.4. The predicted octanol–water partition coefficient (Wildman–Crippen LogP) is 4.37. The lowest BCUT2D eigenvalue weighted by Gasteiger charge is -2.13. The molecule has 0 aliphatic carbocycles. The maximum absolute atomic E-state index is 11.4. The Morgan fingerprint density at radius 3 is 1.38 bits per heavy atom. The molecule has 8 nitrogen and oxygen atoms in total. The molecule has 0 fully saturated rings. The first-order chi connectivity index (χ1) is 11.3. The number of alkyl halides is 2. The van der Waals surface area contributed by atoms with Crippen molar-refractivity contribution < 1.29 is 20.1 Å². The summed E-state index contributed by atoms with van der Waals surface area (Å²) in [6.07, 6.45) is 0. The summed E-state index contributed by atoms with van der Waals surface area (Å²) in [5.74, 6) is -0.636. The molecule has 0 heterocycles. The molecular formula is C14H10Br2N2O6. The molecule has 0 saturated carbocycles. The molecule has 10 heteroatoms. The van der Waals surface area contributed by atoms with Crippen LogP contribution < -0.4 is 0 Å². The third kappa shape index (κ3) is 3.34. The van der Waals surface area contributed by atoms with Crippen molar-refractivity contribution in [2.24, 2.45) is 0 Å². The van der Waals surface area contributed by atoms with E-state index in [1.165, 1.54) is 12.1 Å². The monoisotopic (exact) mass is 460 g/mol. The van der Waals surface area contributed by atoms with Gasteiger partial charge in [-0.05, 0) is 23.3 Å². The molecule has 0 amide bonds. The lowest BCUT2D eigenvalue weighted by molar-refractivity contribution is -0.386. The highest BCUT2D eigenvalue weighted by Gasteiger charge is 2.29. The number of halogens is 2. The van der Waals surface area contributed by atoms with Gasteiger partial charge in [0.25, 0.3) is 11.4 Å². The van der Waals surface area contributed by atoms with E-state index in [1.54, 1.807) is 0 Å². The molecule has 0 aromatic heterocycles. The van der Waals surface area contributed by atoms with Crippen molar-refractivity contribution in [2.45, 2.75) is 10.7 Å². The SMILES string of the molecule is O=[N+]([O-])c1cc(O)cc(CBr)c1-c1c(CBr)cc(O)cc1[N+](=O)[O-]. The normalized spacial score (nSPS) is 10.6. The lowest BCUT2D eigenvalue weighted by atomic mass is 9.93. The van der Waals surface area contributed by atoms with E-state index in [9.17, 15) is 30.4 Å². The fourth-order valence-corrected chi connectivity index (χ4v) is 3.30. The summed E-state index contributed by atoms with van der Waals surface area (Å²) in [4.78, 5) is 21.4. The van der Waals surface area contributed by atoms with Crippen molar-refractivity contribution in [1.29, 1.82) is 0 Å². The summed E-state index contributed by atoms with van der Waals surface area (Å²) in [7, 11) is 0. The van der Waals surface area contributed by atoms with Gasteiger partial charge in [0.15, 0.2) is 0 Å². The van der Waals surface area contributed by atoms with Crippen molar-refractivity contribution in [3.8, 4) is 22.6 Å². The van der Waals surface area contributed by atoms with E-state index in [-0.39, 0.29) is 33.3 Å². The van der Waals surface area contributed by atoms with Gasteiger partial charge in [-0.2, -0.15) is 0 Å². The van der Waals surface area contributed by atoms with Gasteiger partial charge in [-0.15, -0.1) is 0 Å². The first-order valence-corrected chi connectivity index (χ1v) is 8.67. The highest BCUT2D eigenvalue weighted by atomic mass is 79.9. The topological polar surface area (TPSA) is 127 Å². The van der Waals surface area contributed by atoms with Crippen LogP contribution in [0.1, 0.15) is 11.1 Å². The van der Waals surface area contributed by atoms with Crippen LogP contribution in [0.2, 0.25) is 0 Å². The van der Waals surface area contributed by atoms with Gasteiger partial charge in [-0.25, -0.2) is 0 Å². The van der Waals surface area contributed by atoms with Gasteiger partial charge in [0.2, 0.25) is 0 Å². The zero-order chi connectivity index (χ0) is 18.0. The molecule has 2 rings (SSSR count). The van der Waals surface area contributed by atoms with E-state index in [4.69, 9.17) is 0 Å². The second-order valence-electron chi connectivity index (χ2n) is 4.78. The van der Waals surface area contributed by atoms with Crippen molar-refractivity contribution in [2.75, 3.05) is 0 Å². The highest BCUT2D eigenvalue weighted by Crippen LogP contribution is 2.45. The average molecular weight is 462 g/mol. The van der Waals surface area contributed by atoms with Crippen LogP contribution in [0, 0.1) is 20.2 Å². The number of aromatic hydroxyl groups is 2. The molecule has 0 aliphatic rings. The summed E-state index contributed by atoms with van der Waals surface area (Å²) in [6, 6.07) is 4.48. The van der Waals surface area contributed by atoms with E-state index in [0.29, 0.717) is 11.1 Å². The minimum Gasteiger partial charge on any atom is -0.508 e. The largest absolute Gasteiger partial charge is 0.508 e. The Labute approximate surface area is 152 Å². The van der Waals surface area contributed by atoms with Crippen LogP contribution in [0.3, 0.4) is 0 Å². The highest BCUT2D eigenvalue weighted by molar-refractivity contribution is 9.08. The maximum Gasteiger partial charge on any atom is 0.281 e. The zero-order valence-electron chi connectivity index (χ0n) is 11.9. The summed E-state index contributed by atoms with van der Waals surface area (Å²) in [5, 5.41) is 42.5. The van der Waals surface area contributed by atoms with Crippen molar-refractivity contribution in [1.82, 2.24) is 0 Å². The minimum atomic E-state index is -0.712. The molecule has 24 heavy (non-hydrogen) atoms. The van der Waals surface area contributed by atoms with Crippen LogP contribution in [0.5, 0.6) is 11.5 Å². The third-order valence-electron chi connectivity index (χ3n) is 3.30. The van der Waals surface area contributed by atoms with Gasteiger partial charge in [-0.1, -0.05) is 31.9 Å². The van der Waals surface area contributed by atoms with Crippen LogP contribution in [0.4, 0.5) is 11.4 Å². The van der Waals surface area contributed by atoms with Gasteiger partial charge in [-0.3, -0.25) is 20.2 Å². The molecule has 0 aliphatic heterocycles. The number of benzene rings is 2. The number of rotatable bonds is 5. The summed E-state index contributed by atoms with van der Waals surface area (Å²) < 4.78 is 0. The van der Waals surface area contributed by atoms with E-state index in [2.05, 4.69) is 31.9 Å². The van der Waals surface area contributed by atoms with Gasteiger partial charge in [0.1, 0.15) is 11.5 Å². The summed E-state index contributed by atoms with van der Waals surface area (Å²) in [5.41, 5.74) is -0.233. The van der Waals surface area contributed by atoms with Crippen LogP contribution in [-0.2, 0) is 10.7 Å². The number of nitro groups is 2. The average Bonchev–Trinajstić information content (AvgIpc) is 2.53. The van der Waals surface area contributed by atoms with Gasteiger partial charge >= 0.3 is 0 Å². The quantitative estimate of drug-likeness (QED) is 0.386. The molecule has 0 unspecified atom stereocenters. The molecule has 0 saturated heterocycles. The van der Waals surface area contributed by atoms with Crippen LogP contribution in [-0.4, -0.2) is 20.1 Å².